The molecule has 0 aliphatic carbocycles. The van der Waals surface area contributed by atoms with Gasteiger partial charge in [0.15, 0.2) is 11.5 Å². The van der Waals surface area contributed by atoms with Crippen LogP contribution in [0.2, 0.25) is 0 Å². The molecule has 1 aliphatic heterocycles. The fourth-order valence-electron chi connectivity index (χ4n) is 3.51. The summed E-state index contributed by atoms with van der Waals surface area (Å²) in [6, 6.07) is 21.3. The molecule has 4 rings (SSSR count). The first kappa shape index (κ1) is 19.7. The zero-order valence-corrected chi connectivity index (χ0v) is 16.7. The monoisotopic (exact) mass is 404 g/mol. The lowest BCUT2D eigenvalue weighted by Gasteiger charge is -2.36. The third-order valence-electron chi connectivity index (χ3n) is 5.18. The van der Waals surface area contributed by atoms with E-state index < -0.39 is 0 Å². The van der Waals surface area contributed by atoms with E-state index in [0.717, 1.165) is 18.7 Å². The molecule has 0 bridgehead atoms. The maximum Gasteiger partial charge on any atom is 0.273 e. The number of nitrogens with one attached hydrogen (secondary N) is 1. The fraction of sp³-hybridized carbons (Fsp3) is 0.261. The van der Waals surface area contributed by atoms with Crippen LogP contribution in [0.3, 0.4) is 0 Å². The average Bonchev–Trinajstić information content (AvgIpc) is 3.31. The summed E-state index contributed by atoms with van der Waals surface area (Å²) in [5.41, 5.74) is 2.24. The highest BCUT2D eigenvalue weighted by molar-refractivity contribution is 5.93. The average molecular weight is 404 g/mol. The van der Waals surface area contributed by atoms with Gasteiger partial charge in [0.1, 0.15) is 0 Å². The van der Waals surface area contributed by atoms with Crippen LogP contribution in [-0.2, 0) is 4.79 Å². The standard InChI is InChI=1S/C23H24N4O3/c28-22(27-15-13-26(14-16-27)19-9-5-2-6-10-19)11-12-24-23(29)20-17-21(30-25-20)18-7-3-1-4-8-18/h1-10,17H,11-16H2,(H,24,29). The Kier molecular flexibility index (Phi) is 6.08. The molecule has 2 amide bonds. The molecule has 1 N–H and O–H groups in total. The molecular formula is C23H24N4O3. The van der Waals surface area contributed by atoms with Crippen LogP contribution in [0, 0.1) is 0 Å². The lowest BCUT2D eigenvalue weighted by molar-refractivity contribution is -0.131. The fourth-order valence-corrected chi connectivity index (χ4v) is 3.51. The molecule has 1 aliphatic rings. The third-order valence-corrected chi connectivity index (χ3v) is 5.18. The van der Waals surface area contributed by atoms with Gasteiger partial charge in [0, 0.05) is 56.5 Å². The second kappa shape index (κ2) is 9.26. The number of nitrogens with zero attached hydrogens (tertiary/aromatic N) is 3. The number of hydrogen-bond acceptors (Lipinski definition) is 5. The van der Waals surface area contributed by atoms with Gasteiger partial charge in [0.25, 0.3) is 5.91 Å². The summed E-state index contributed by atoms with van der Waals surface area (Å²) in [5, 5.41) is 6.58. The Labute approximate surface area is 175 Å². The highest BCUT2D eigenvalue weighted by atomic mass is 16.5. The molecule has 7 nitrogen and oxygen atoms in total. The lowest BCUT2D eigenvalue weighted by Crippen LogP contribution is -2.49. The Hall–Kier alpha value is -3.61. The van der Waals surface area contributed by atoms with Crippen LogP contribution in [0.4, 0.5) is 5.69 Å². The van der Waals surface area contributed by atoms with Gasteiger partial charge in [0.05, 0.1) is 0 Å². The molecule has 1 fully saturated rings. The van der Waals surface area contributed by atoms with Crippen molar-refractivity contribution in [1.82, 2.24) is 15.4 Å². The summed E-state index contributed by atoms with van der Waals surface area (Å²) < 4.78 is 5.25. The molecule has 0 spiro atoms. The Morgan fingerprint density at radius 1 is 0.933 bits per heavy atom. The number of carbonyl (C=O) groups excluding carboxylic acids is 2. The van der Waals surface area contributed by atoms with Crippen molar-refractivity contribution in [3.8, 4) is 11.3 Å². The van der Waals surface area contributed by atoms with Crippen molar-refractivity contribution in [3.05, 3.63) is 72.4 Å². The predicted molar refractivity (Wildman–Crippen MR) is 114 cm³/mol. The van der Waals surface area contributed by atoms with E-state index in [2.05, 4.69) is 27.5 Å². The number of rotatable bonds is 6. The molecule has 0 radical (unpaired) electrons. The van der Waals surface area contributed by atoms with Crippen molar-refractivity contribution in [1.29, 1.82) is 0 Å². The lowest BCUT2D eigenvalue weighted by atomic mass is 10.1. The molecule has 0 saturated carbocycles. The Morgan fingerprint density at radius 2 is 1.60 bits per heavy atom. The zero-order chi connectivity index (χ0) is 20.8. The van der Waals surface area contributed by atoms with Crippen molar-refractivity contribution in [2.45, 2.75) is 6.42 Å². The Bertz CT molecular complexity index is 980. The molecule has 154 valence electrons. The van der Waals surface area contributed by atoms with Gasteiger partial charge in [-0.05, 0) is 12.1 Å². The molecule has 30 heavy (non-hydrogen) atoms. The number of anilines is 1. The first-order valence-corrected chi connectivity index (χ1v) is 10.1. The number of carbonyl (C=O) groups is 2. The van der Waals surface area contributed by atoms with E-state index in [1.165, 1.54) is 5.69 Å². The van der Waals surface area contributed by atoms with Crippen molar-refractivity contribution < 1.29 is 14.1 Å². The van der Waals surface area contributed by atoms with E-state index in [-0.39, 0.29) is 30.5 Å². The van der Waals surface area contributed by atoms with E-state index in [1.807, 2.05) is 53.4 Å². The van der Waals surface area contributed by atoms with Gasteiger partial charge in [-0.1, -0.05) is 53.7 Å². The highest BCUT2D eigenvalue weighted by Crippen LogP contribution is 2.19. The molecule has 2 heterocycles. The van der Waals surface area contributed by atoms with Gasteiger partial charge in [-0.2, -0.15) is 0 Å². The largest absolute Gasteiger partial charge is 0.368 e. The maximum absolute atomic E-state index is 12.5. The van der Waals surface area contributed by atoms with Crippen molar-refractivity contribution in [3.63, 3.8) is 0 Å². The number of para-hydroxylation sites is 1. The second-order valence-corrected chi connectivity index (χ2v) is 7.15. The van der Waals surface area contributed by atoms with E-state index in [4.69, 9.17) is 4.52 Å². The zero-order valence-electron chi connectivity index (χ0n) is 16.7. The number of hydrogen-bond donors (Lipinski definition) is 1. The summed E-state index contributed by atoms with van der Waals surface area (Å²) in [7, 11) is 0. The van der Waals surface area contributed by atoms with Gasteiger partial charge < -0.3 is 19.6 Å². The quantitative estimate of drug-likeness (QED) is 0.684. The number of amides is 2. The highest BCUT2D eigenvalue weighted by Gasteiger charge is 2.21. The summed E-state index contributed by atoms with van der Waals surface area (Å²) >= 11 is 0. The predicted octanol–water partition coefficient (Wildman–Crippen LogP) is 2.81. The summed E-state index contributed by atoms with van der Waals surface area (Å²) in [4.78, 5) is 28.9. The van der Waals surface area contributed by atoms with Gasteiger partial charge in [-0.25, -0.2) is 0 Å². The number of benzene rings is 2. The molecule has 1 saturated heterocycles. The van der Waals surface area contributed by atoms with Crippen molar-refractivity contribution >= 4 is 17.5 Å². The minimum Gasteiger partial charge on any atom is -0.368 e. The minimum absolute atomic E-state index is 0.0492. The van der Waals surface area contributed by atoms with E-state index in [1.54, 1.807) is 6.07 Å². The van der Waals surface area contributed by atoms with Crippen LogP contribution in [0.15, 0.2) is 71.3 Å². The van der Waals surface area contributed by atoms with Gasteiger partial charge in [0.2, 0.25) is 5.91 Å². The van der Waals surface area contributed by atoms with Crippen LogP contribution in [0.25, 0.3) is 11.3 Å². The van der Waals surface area contributed by atoms with Crippen LogP contribution >= 0.6 is 0 Å². The normalized spacial score (nSPS) is 13.9. The number of piperazine rings is 1. The molecule has 0 atom stereocenters. The summed E-state index contributed by atoms with van der Waals surface area (Å²) in [6.45, 7) is 3.26. The Morgan fingerprint density at radius 3 is 2.30 bits per heavy atom. The molecule has 0 unspecified atom stereocenters. The smallest absolute Gasteiger partial charge is 0.273 e. The first-order valence-electron chi connectivity index (χ1n) is 10.1. The van der Waals surface area contributed by atoms with Crippen molar-refractivity contribution in [2.24, 2.45) is 0 Å². The molecular weight excluding hydrogens is 380 g/mol. The van der Waals surface area contributed by atoms with Crippen LogP contribution in [0.1, 0.15) is 16.9 Å². The molecule has 3 aromatic rings. The second-order valence-electron chi connectivity index (χ2n) is 7.15. The topological polar surface area (TPSA) is 78.7 Å². The van der Waals surface area contributed by atoms with Crippen molar-refractivity contribution in [2.75, 3.05) is 37.6 Å². The van der Waals surface area contributed by atoms with E-state index in [0.29, 0.717) is 18.8 Å². The Balaban J connectivity index is 1.21. The third kappa shape index (κ3) is 4.68. The molecule has 2 aromatic carbocycles. The van der Waals surface area contributed by atoms with Crippen LogP contribution in [0.5, 0.6) is 0 Å². The van der Waals surface area contributed by atoms with Gasteiger partial charge in [-0.15, -0.1) is 0 Å². The maximum atomic E-state index is 12.5. The van der Waals surface area contributed by atoms with E-state index >= 15 is 0 Å². The van der Waals surface area contributed by atoms with E-state index in [9.17, 15) is 9.59 Å². The minimum atomic E-state index is -0.345. The van der Waals surface area contributed by atoms with Gasteiger partial charge in [-0.3, -0.25) is 9.59 Å². The molecule has 7 heteroatoms. The first-order chi connectivity index (χ1) is 14.7. The number of aromatic nitrogens is 1. The van der Waals surface area contributed by atoms with Crippen LogP contribution < -0.4 is 10.2 Å². The molecule has 1 aromatic heterocycles. The summed E-state index contributed by atoms with van der Waals surface area (Å²) in [5.74, 6) is 0.240. The van der Waals surface area contributed by atoms with Crippen LogP contribution in [-0.4, -0.2) is 54.6 Å². The SMILES string of the molecule is O=C(NCCC(=O)N1CCN(c2ccccc2)CC1)c1cc(-c2ccccc2)on1. The van der Waals surface area contributed by atoms with Gasteiger partial charge >= 0.3 is 0 Å². The summed E-state index contributed by atoms with van der Waals surface area (Å²) in [6.07, 6.45) is 0.264.